The maximum atomic E-state index is 9.57. The summed E-state index contributed by atoms with van der Waals surface area (Å²) in [6.07, 6.45) is 5.11. The molecule has 158 valence electrons. The number of rotatable bonds is 4. The summed E-state index contributed by atoms with van der Waals surface area (Å²) >= 11 is 1.43. The van der Waals surface area contributed by atoms with Crippen molar-refractivity contribution in [2.24, 2.45) is 0 Å². The zero-order valence-corrected chi connectivity index (χ0v) is 18.2. The van der Waals surface area contributed by atoms with Crippen LogP contribution in [0.4, 0.5) is 6.01 Å². The molecule has 5 rings (SSSR count). The number of fused-ring (bicyclic) bond motifs is 1. The third-order valence-corrected chi connectivity index (χ3v) is 6.58. The van der Waals surface area contributed by atoms with Crippen LogP contribution >= 0.6 is 11.8 Å². The van der Waals surface area contributed by atoms with E-state index in [1.165, 1.54) is 11.8 Å². The Morgan fingerprint density at radius 3 is 2.56 bits per heavy atom. The quantitative estimate of drug-likeness (QED) is 0.474. The zero-order chi connectivity index (χ0) is 22.1. The van der Waals surface area contributed by atoms with Gasteiger partial charge in [0.25, 0.3) is 6.01 Å². The minimum Gasteiger partial charge on any atom is -0.423 e. The van der Waals surface area contributed by atoms with E-state index in [0.29, 0.717) is 28.4 Å². The van der Waals surface area contributed by atoms with Crippen molar-refractivity contribution >= 4 is 23.3 Å². The van der Waals surface area contributed by atoms with Gasteiger partial charge in [0.15, 0.2) is 5.76 Å². The number of anilines is 1. The van der Waals surface area contributed by atoms with Crippen LogP contribution in [0.3, 0.4) is 0 Å². The smallest absolute Gasteiger partial charge is 0.297 e. The van der Waals surface area contributed by atoms with E-state index in [1.54, 1.807) is 23.0 Å². The number of piperazine rings is 1. The number of nitrogens with zero attached hydrogens (tertiary/aromatic N) is 7. The highest BCUT2D eigenvalue weighted by molar-refractivity contribution is 7.99. The molecule has 0 N–H and O–H groups in total. The summed E-state index contributed by atoms with van der Waals surface area (Å²) in [6, 6.07) is 14.4. The summed E-state index contributed by atoms with van der Waals surface area (Å²) in [5.74, 6) is 0.630. The van der Waals surface area contributed by atoms with Crippen molar-refractivity contribution in [3.63, 3.8) is 0 Å². The molecule has 1 aliphatic heterocycles. The average molecular weight is 442 g/mol. The van der Waals surface area contributed by atoms with Crippen LogP contribution < -0.4 is 4.90 Å². The van der Waals surface area contributed by atoms with Gasteiger partial charge in [-0.05, 0) is 25.2 Å². The first kappa shape index (κ1) is 20.1. The van der Waals surface area contributed by atoms with Crippen LogP contribution in [0.25, 0.3) is 16.8 Å². The lowest BCUT2D eigenvalue weighted by molar-refractivity contribution is 0.305. The Bertz CT molecular complexity index is 1370. The molecule has 1 aliphatic rings. The number of hydrogen-bond acceptors (Lipinski definition) is 8. The number of oxazole rings is 1. The Morgan fingerprint density at radius 2 is 1.78 bits per heavy atom. The van der Waals surface area contributed by atoms with Crippen molar-refractivity contribution < 1.29 is 4.42 Å². The van der Waals surface area contributed by atoms with E-state index in [9.17, 15) is 10.5 Å². The molecule has 4 heterocycles. The van der Waals surface area contributed by atoms with Gasteiger partial charge in [-0.1, -0.05) is 23.9 Å². The third-order valence-electron chi connectivity index (χ3n) is 5.48. The molecule has 0 unspecified atom stereocenters. The number of nitriles is 2. The fourth-order valence-electron chi connectivity index (χ4n) is 3.69. The molecule has 0 atom stereocenters. The van der Waals surface area contributed by atoms with Gasteiger partial charge in [-0.15, -0.1) is 0 Å². The first-order valence-corrected chi connectivity index (χ1v) is 11.0. The lowest BCUT2D eigenvalue weighted by Gasteiger charge is -2.31. The number of pyridine rings is 1. The first-order valence-electron chi connectivity index (χ1n) is 10.1. The second-order valence-corrected chi connectivity index (χ2v) is 8.65. The van der Waals surface area contributed by atoms with Crippen molar-refractivity contribution in [3.05, 3.63) is 60.0 Å². The van der Waals surface area contributed by atoms with Gasteiger partial charge >= 0.3 is 0 Å². The number of aromatic nitrogens is 3. The molecule has 1 fully saturated rings. The molecule has 0 spiro atoms. The summed E-state index contributed by atoms with van der Waals surface area (Å²) in [5, 5.41) is 23.4. The number of likely N-dealkylation sites (N-methyl/N-ethyl adjacent to an activating group) is 1. The Labute approximate surface area is 189 Å². The van der Waals surface area contributed by atoms with E-state index in [-0.39, 0.29) is 0 Å². The monoisotopic (exact) mass is 441 g/mol. The van der Waals surface area contributed by atoms with Crippen LogP contribution in [-0.2, 0) is 0 Å². The maximum absolute atomic E-state index is 9.57. The topological polar surface area (TPSA) is 97.4 Å². The van der Waals surface area contributed by atoms with Gasteiger partial charge < -0.3 is 14.2 Å². The van der Waals surface area contributed by atoms with E-state index in [1.807, 2.05) is 30.5 Å². The molecule has 0 amide bonds. The average Bonchev–Trinajstić information content (AvgIpc) is 3.47. The highest BCUT2D eigenvalue weighted by Crippen LogP contribution is 2.37. The van der Waals surface area contributed by atoms with Crippen LogP contribution in [0.2, 0.25) is 0 Å². The fraction of sp³-hybridized carbons (Fsp3) is 0.217. The van der Waals surface area contributed by atoms with Crippen LogP contribution in [0, 0.1) is 22.7 Å². The van der Waals surface area contributed by atoms with Crippen molar-refractivity contribution in [2.75, 3.05) is 38.1 Å². The van der Waals surface area contributed by atoms with E-state index in [4.69, 9.17) is 4.42 Å². The highest BCUT2D eigenvalue weighted by Gasteiger charge is 2.20. The summed E-state index contributed by atoms with van der Waals surface area (Å²) < 4.78 is 7.79. The minimum absolute atomic E-state index is 0.476. The van der Waals surface area contributed by atoms with Crippen molar-refractivity contribution in [3.8, 4) is 23.5 Å². The fourth-order valence-corrected chi connectivity index (χ4v) is 4.78. The Morgan fingerprint density at radius 1 is 1.00 bits per heavy atom. The summed E-state index contributed by atoms with van der Waals surface area (Å²) in [6.45, 7) is 3.67. The minimum atomic E-state index is 0.476. The zero-order valence-electron chi connectivity index (χ0n) is 17.4. The largest absolute Gasteiger partial charge is 0.423 e. The maximum Gasteiger partial charge on any atom is 0.297 e. The van der Waals surface area contributed by atoms with E-state index in [0.717, 1.165) is 41.5 Å². The van der Waals surface area contributed by atoms with Crippen LogP contribution in [-0.4, -0.2) is 52.7 Å². The summed E-state index contributed by atoms with van der Waals surface area (Å²) in [7, 11) is 2.11. The second-order valence-electron chi connectivity index (χ2n) is 7.56. The van der Waals surface area contributed by atoms with E-state index in [2.05, 4.69) is 39.1 Å². The Balaban J connectivity index is 1.56. The van der Waals surface area contributed by atoms with Gasteiger partial charge in [-0.25, -0.2) is 9.50 Å². The van der Waals surface area contributed by atoms with Crippen molar-refractivity contribution in [1.29, 1.82) is 10.5 Å². The summed E-state index contributed by atoms with van der Waals surface area (Å²) in [5.41, 5.74) is 2.56. The highest BCUT2D eigenvalue weighted by atomic mass is 32.2. The molecule has 0 bridgehead atoms. The molecular weight excluding hydrogens is 422 g/mol. The molecule has 8 nitrogen and oxygen atoms in total. The standard InChI is InChI=1S/C23H19N7OS/c1-28-6-8-29(9-7-28)23-26-14-19(31-23)17-10-21(22-18(12-25)13-27-30(22)15-17)32-20-5-3-2-4-16(20)11-24/h2-5,10,13-15H,6-9H2,1H3. The molecule has 9 heteroatoms. The summed E-state index contributed by atoms with van der Waals surface area (Å²) in [4.78, 5) is 10.5. The van der Waals surface area contributed by atoms with Gasteiger partial charge in [0.2, 0.25) is 0 Å². The molecule has 3 aromatic heterocycles. The predicted molar refractivity (Wildman–Crippen MR) is 120 cm³/mol. The molecule has 1 aromatic carbocycles. The van der Waals surface area contributed by atoms with Gasteiger partial charge in [0.05, 0.1) is 29.0 Å². The molecule has 32 heavy (non-hydrogen) atoms. The van der Waals surface area contributed by atoms with E-state index >= 15 is 0 Å². The first-order chi connectivity index (χ1) is 15.7. The molecule has 0 saturated carbocycles. The van der Waals surface area contributed by atoms with Gasteiger partial charge in [-0.2, -0.15) is 15.6 Å². The van der Waals surface area contributed by atoms with Crippen molar-refractivity contribution in [1.82, 2.24) is 19.5 Å². The number of hydrogen-bond donors (Lipinski definition) is 0. The Hall–Kier alpha value is -3.79. The van der Waals surface area contributed by atoms with Gasteiger partial charge in [0, 0.05) is 47.7 Å². The predicted octanol–water partition coefficient (Wildman–Crippen LogP) is 3.64. The third kappa shape index (κ3) is 3.69. The Kier molecular flexibility index (Phi) is 5.28. The second kappa shape index (κ2) is 8.39. The SMILES string of the molecule is CN1CCN(c2ncc(-c3cc(Sc4ccccc4C#N)c4c(C#N)cnn4c3)o2)CC1. The lowest BCUT2D eigenvalue weighted by Crippen LogP contribution is -2.44. The molecule has 4 aromatic rings. The van der Waals surface area contributed by atoms with Crippen LogP contribution in [0.1, 0.15) is 11.1 Å². The molecule has 1 saturated heterocycles. The normalized spacial score (nSPS) is 14.4. The van der Waals surface area contributed by atoms with Gasteiger partial charge in [0.1, 0.15) is 12.1 Å². The molecule has 0 radical (unpaired) electrons. The lowest BCUT2D eigenvalue weighted by atomic mass is 10.2. The van der Waals surface area contributed by atoms with E-state index < -0.39 is 0 Å². The van der Waals surface area contributed by atoms with Crippen molar-refractivity contribution in [2.45, 2.75) is 9.79 Å². The van der Waals surface area contributed by atoms with Crippen LogP contribution in [0.5, 0.6) is 0 Å². The van der Waals surface area contributed by atoms with Gasteiger partial charge in [-0.3, -0.25) is 0 Å². The van der Waals surface area contributed by atoms with Crippen LogP contribution in [0.15, 0.2) is 63.1 Å². The molecule has 0 aliphatic carbocycles. The molecular formula is C23H19N7OS. The number of benzene rings is 1.